The lowest BCUT2D eigenvalue weighted by Gasteiger charge is -2.33. The number of guanidine groups is 1. The van der Waals surface area contributed by atoms with E-state index in [9.17, 15) is 0 Å². The molecule has 19 heavy (non-hydrogen) atoms. The first-order valence-electron chi connectivity index (χ1n) is 8.11. The molecular weight excluding hydrogens is 234 g/mol. The quantitative estimate of drug-likeness (QED) is 0.626. The molecule has 1 N–H and O–H groups in total. The number of nitrogens with zero attached hydrogens (tertiary/aromatic N) is 2. The molecule has 0 aromatic rings. The summed E-state index contributed by atoms with van der Waals surface area (Å²) in [5, 5.41) is 3.54. The largest absolute Gasteiger partial charge is 0.356 e. The lowest BCUT2D eigenvalue weighted by atomic mass is 9.73. The molecular formula is C16H31N3. The zero-order chi connectivity index (χ0) is 13.7. The van der Waals surface area contributed by atoms with Crippen molar-refractivity contribution in [2.24, 2.45) is 16.3 Å². The first-order chi connectivity index (χ1) is 9.15. The van der Waals surface area contributed by atoms with Gasteiger partial charge in [-0.1, -0.05) is 33.1 Å². The van der Waals surface area contributed by atoms with Crippen molar-refractivity contribution in [3.63, 3.8) is 0 Å². The van der Waals surface area contributed by atoms with Crippen molar-refractivity contribution in [3.8, 4) is 0 Å². The summed E-state index contributed by atoms with van der Waals surface area (Å²) in [5.74, 6) is 1.89. The highest BCUT2D eigenvalue weighted by atomic mass is 15.3. The highest BCUT2D eigenvalue weighted by molar-refractivity contribution is 5.80. The van der Waals surface area contributed by atoms with Gasteiger partial charge in [-0.25, -0.2) is 0 Å². The van der Waals surface area contributed by atoms with E-state index < -0.39 is 0 Å². The maximum Gasteiger partial charge on any atom is 0.193 e. The lowest BCUT2D eigenvalue weighted by molar-refractivity contribution is 0.203. The van der Waals surface area contributed by atoms with Crippen LogP contribution in [0.2, 0.25) is 0 Å². The molecule has 0 aromatic heterocycles. The molecule has 1 spiro atoms. The zero-order valence-corrected chi connectivity index (χ0v) is 13.0. The Morgan fingerprint density at radius 1 is 1.21 bits per heavy atom. The van der Waals surface area contributed by atoms with Crippen LogP contribution in [0.15, 0.2) is 4.99 Å². The minimum absolute atomic E-state index is 0.619. The van der Waals surface area contributed by atoms with Crippen molar-refractivity contribution in [1.82, 2.24) is 10.2 Å². The Morgan fingerprint density at radius 2 is 1.95 bits per heavy atom. The molecule has 1 saturated carbocycles. The summed E-state index contributed by atoms with van der Waals surface area (Å²) < 4.78 is 0. The summed E-state index contributed by atoms with van der Waals surface area (Å²) in [6.45, 7) is 8.03. The van der Waals surface area contributed by atoms with Crippen LogP contribution in [0.4, 0.5) is 0 Å². The van der Waals surface area contributed by atoms with Gasteiger partial charge in [-0.05, 0) is 37.0 Å². The molecule has 2 rings (SSSR count). The van der Waals surface area contributed by atoms with Crippen LogP contribution in [0.1, 0.15) is 58.8 Å². The van der Waals surface area contributed by atoms with E-state index in [1.165, 1.54) is 58.0 Å². The smallest absolute Gasteiger partial charge is 0.193 e. The van der Waals surface area contributed by atoms with Gasteiger partial charge in [0.15, 0.2) is 5.96 Å². The fraction of sp³-hybridized carbons (Fsp3) is 0.938. The Balaban J connectivity index is 1.84. The number of hydrogen-bond acceptors (Lipinski definition) is 1. The van der Waals surface area contributed by atoms with Crippen LogP contribution in [-0.2, 0) is 0 Å². The summed E-state index contributed by atoms with van der Waals surface area (Å²) in [7, 11) is 1.92. The molecule has 0 atom stereocenters. The molecule has 1 saturated heterocycles. The number of rotatable bonds is 3. The van der Waals surface area contributed by atoms with Crippen LogP contribution in [0.25, 0.3) is 0 Å². The van der Waals surface area contributed by atoms with Gasteiger partial charge in [0.2, 0.25) is 0 Å². The first kappa shape index (κ1) is 14.7. The van der Waals surface area contributed by atoms with E-state index >= 15 is 0 Å². The van der Waals surface area contributed by atoms with E-state index in [1.807, 2.05) is 7.05 Å². The van der Waals surface area contributed by atoms with E-state index in [4.69, 9.17) is 0 Å². The van der Waals surface area contributed by atoms with Gasteiger partial charge >= 0.3 is 0 Å². The van der Waals surface area contributed by atoms with Crippen LogP contribution in [0.3, 0.4) is 0 Å². The van der Waals surface area contributed by atoms with E-state index in [-0.39, 0.29) is 0 Å². The molecule has 1 aliphatic heterocycles. The second-order valence-electron chi connectivity index (χ2n) is 6.89. The minimum atomic E-state index is 0.619. The van der Waals surface area contributed by atoms with Crippen LogP contribution in [0, 0.1) is 11.3 Å². The van der Waals surface area contributed by atoms with Crippen molar-refractivity contribution in [2.75, 3.05) is 26.7 Å². The summed E-state index contributed by atoms with van der Waals surface area (Å²) in [6, 6.07) is 0. The molecule has 0 unspecified atom stereocenters. The van der Waals surface area contributed by atoms with Crippen molar-refractivity contribution in [2.45, 2.75) is 58.8 Å². The van der Waals surface area contributed by atoms with Crippen LogP contribution in [-0.4, -0.2) is 37.5 Å². The molecule has 0 bridgehead atoms. The number of likely N-dealkylation sites (tertiary alicyclic amines) is 1. The number of aliphatic imine (C=N–C) groups is 1. The van der Waals surface area contributed by atoms with Gasteiger partial charge in [-0.15, -0.1) is 0 Å². The third kappa shape index (κ3) is 3.87. The maximum atomic E-state index is 4.48. The molecule has 2 fully saturated rings. The van der Waals surface area contributed by atoms with Gasteiger partial charge in [0.25, 0.3) is 0 Å². The third-order valence-corrected chi connectivity index (χ3v) is 4.87. The Kier molecular flexibility index (Phi) is 5.12. The normalized spacial score (nSPS) is 23.4. The Bertz CT molecular complexity index is 303. The Morgan fingerprint density at radius 3 is 2.58 bits per heavy atom. The lowest BCUT2D eigenvalue weighted by Crippen LogP contribution is -2.42. The Labute approximate surface area is 118 Å². The summed E-state index contributed by atoms with van der Waals surface area (Å²) >= 11 is 0. The molecule has 3 nitrogen and oxygen atoms in total. The summed E-state index contributed by atoms with van der Waals surface area (Å²) in [4.78, 5) is 6.97. The highest BCUT2D eigenvalue weighted by Crippen LogP contribution is 2.43. The van der Waals surface area contributed by atoms with Gasteiger partial charge in [0, 0.05) is 26.7 Å². The average Bonchev–Trinajstić information content (AvgIpc) is 2.79. The number of nitrogens with one attached hydrogen (secondary N) is 1. The maximum absolute atomic E-state index is 4.48. The van der Waals surface area contributed by atoms with Gasteiger partial charge in [0.1, 0.15) is 0 Å². The molecule has 3 heteroatoms. The van der Waals surface area contributed by atoms with Crippen molar-refractivity contribution < 1.29 is 0 Å². The summed E-state index contributed by atoms with van der Waals surface area (Å²) in [5.41, 5.74) is 0.619. The minimum Gasteiger partial charge on any atom is -0.356 e. The van der Waals surface area contributed by atoms with Crippen LogP contribution < -0.4 is 5.32 Å². The molecule has 0 aromatic carbocycles. The monoisotopic (exact) mass is 265 g/mol. The van der Waals surface area contributed by atoms with E-state index in [0.29, 0.717) is 5.41 Å². The molecule has 110 valence electrons. The van der Waals surface area contributed by atoms with E-state index in [1.54, 1.807) is 0 Å². The highest BCUT2D eigenvalue weighted by Gasteiger charge is 2.39. The molecule has 2 aliphatic rings. The van der Waals surface area contributed by atoms with Crippen LogP contribution >= 0.6 is 0 Å². The van der Waals surface area contributed by atoms with Crippen molar-refractivity contribution in [1.29, 1.82) is 0 Å². The number of hydrogen-bond donors (Lipinski definition) is 1. The van der Waals surface area contributed by atoms with Gasteiger partial charge < -0.3 is 10.2 Å². The fourth-order valence-corrected chi connectivity index (χ4v) is 3.63. The Hall–Kier alpha value is -0.730. The van der Waals surface area contributed by atoms with Crippen molar-refractivity contribution >= 4 is 5.96 Å². The van der Waals surface area contributed by atoms with Gasteiger partial charge in [-0.2, -0.15) is 0 Å². The topological polar surface area (TPSA) is 27.6 Å². The molecule has 1 heterocycles. The molecule has 0 amide bonds. The van der Waals surface area contributed by atoms with Crippen LogP contribution in [0.5, 0.6) is 0 Å². The third-order valence-electron chi connectivity index (χ3n) is 4.87. The predicted molar refractivity (Wildman–Crippen MR) is 82.5 cm³/mol. The van der Waals surface area contributed by atoms with Crippen molar-refractivity contribution in [3.05, 3.63) is 0 Å². The average molecular weight is 265 g/mol. The predicted octanol–water partition coefficient (Wildman–Crippen LogP) is 3.26. The van der Waals surface area contributed by atoms with Gasteiger partial charge in [0.05, 0.1) is 0 Å². The van der Waals surface area contributed by atoms with E-state index in [2.05, 4.69) is 29.1 Å². The standard InChI is InChI=1S/C16H31N3/c1-14(2)7-11-18-15(17-3)19-12-10-16(13-19)8-5-4-6-9-16/h14H,4-13H2,1-3H3,(H,17,18). The van der Waals surface area contributed by atoms with Gasteiger partial charge in [-0.3, -0.25) is 4.99 Å². The molecule has 0 radical (unpaired) electrons. The van der Waals surface area contributed by atoms with E-state index in [0.717, 1.165) is 18.4 Å². The zero-order valence-electron chi connectivity index (χ0n) is 13.0. The fourth-order valence-electron chi connectivity index (χ4n) is 3.63. The second kappa shape index (κ2) is 6.62. The first-order valence-corrected chi connectivity index (χ1v) is 8.11. The summed E-state index contributed by atoms with van der Waals surface area (Å²) in [6.07, 6.45) is 9.79. The second-order valence-corrected chi connectivity index (χ2v) is 6.89. The SMILES string of the molecule is CN=C(NCCC(C)C)N1CCC2(CCCCC2)C1. The molecule has 1 aliphatic carbocycles.